The molecule has 0 spiro atoms. The molecule has 1 aliphatic rings. The normalized spacial score (nSPS) is 13.3. The highest BCUT2D eigenvalue weighted by atomic mass is 32.2. The molecule has 0 fully saturated rings. The third-order valence-electron chi connectivity index (χ3n) is 5.07. The summed E-state index contributed by atoms with van der Waals surface area (Å²) in [6, 6.07) is 17.8. The van der Waals surface area contributed by atoms with E-state index in [0.29, 0.717) is 0 Å². The largest absolute Gasteiger partial charge is 0.457 e. The number of hydrogen-bond donors (Lipinski definition) is 1. The molecule has 0 bridgehead atoms. The second-order valence-electron chi connectivity index (χ2n) is 7.01. The van der Waals surface area contributed by atoms with Crippen LogP contribution in [0.2, 0.25) is 0 Å². The average Bonchev–Trinajstić information content (AvgIpc) is 3.14. The molecule has 0 aliphatic heterocycles. The van der Waals surface area contributed by atoms with Crippen LogP contribution >= 0.6 is 23.1 Å². The van der Waals surface area contributed by atoms with Crippen molar-refractivity contribution in [3.05, 3.63) is 65.0 Å². The van der Waals surface area contributed by atoms with Crippen molar-refractivity contribution in [2.24, 2.45) is 0 Å². The Hall–Kier alpha value is -2.57. The highest BCUT2D eigenvalue weighted by molar-refractivity contribution is 7.98. The fraction of sp³-hybridized carbons (Fsp3) is 0.217. The Labute approximate surface area is 178 Å². The molecule has 0 amide bonds. The molecule has 146 valence electrons. The smallest absolute Gasteiger partial charge is 0.190 e. The monoisotopic (exact) mass is 419 g/mol. The number of ether oxygens (including phenoxy) is 1. The van der Waals surface area contributed by atoms with Gasteiger partial charge in [-0.05, 0) is 73.9 Å². The van der Waals surface area contributed by atoms with Crippen molar-refractivity contribution in [2.45, 2.75) is 30.8 Å². The van der Waals surface area contributed by atoms with Crippen LogP contribution in [0.4, 0.5) is 11.5 Å². The van der Waals surface area contributed by atoms with Crippen LogP contribution in [0, 0.1) is 0 Å². The van der Waals surface area contributed by atoms with Gasteiger partial charge in [-0.15, -0.1) is 11.3 Å². The number of fused-ring (bicyclic) bond motifs is 3. The summed E-state index contributed by atoms with van der Waals surface area (Å²) in [5.74, 6) is 2.56. The molecular formula is C23H21N3OS2. The zero-order valence-electron chi connectivity index (χ0n) is 16.1. The summed E-state index contributed by atoms with van der Waals surface area (Å²) < 4.78 is 5.90. The Kier molecular flexibility index (Phi) is 5.12. The van der Waals surface area contributed by atoms with E-state index in [1.807, 2.05) is 72.2 Å². The van der Waals surface area contributed by atoms with Gasteiger partial charge < -0.3 is 10.1 Å². The third kappa shape index (κ3) is 3.82. The summed E-state index contributed by atoms with van der Waals surface area (Å²) in [6.07, 6.45) is 6.82. The van der Waals surface area contributed by atoms with Gasteiger partial charge in [-0.3, -0.25) is 0 Å². The summed E-state index contributed by atoms with van der Waals surface area (Å²) in [7, 11) is 0. The van der Waals surface area contributed by atoms with Crippen molar-refractivity contribution in [2.75, 3.05) is 11.6 Å². The number of anilines is 2. The number of thiophene rings is 1. The molecule has 1 aliphatic carbocycles. The lowest BCUT2D eigenvalue weighted by atomic mass is 9.97. The van der Waals surface area contributed by atoms with Gasteiger partial charge in [0.05, 0.1) is 5.39 Å². The van der Waals surface area contributed by atoms with E-state index in [0.717, 1.165) is 45.8 Å². The summed E-state index contributed by atoms with van der Waals surface area (Å²) >= 11 is 3.42. The van der Waals surface area contributed by atoms with Crippen molar-refractivity contribution in [3.63, 3.8) is 0 Å². The van der Waals surface area contributed by atoms with Gasteiger partial charge in [0.25, 0.3) is 0 Å². The van der Waals surface area contributed by atoms with Crippen molar-refractivity contribution < 1.29 is 4.74 Å². The van der Waals surface area contributed by atoms with Crippen LogP contribution in [0.5, 0.6) is 11.5 Å². The lowest BCUT2D eigenvalue weighted by molar-refractivity contribution is 0.483. The maximum absolute atomic E-state index is 5.90. The van der Waals surface area contributed by atoms with Crippen molar-refractivity contribution in [3.8, 4) is 11.5 Å². The fourth-order valence-electron chi connectivity index (χ4n) is 3.69. The van der Waals surface area contributed by atoms with Crippen LogP contribution in [-0.4, -0.2) is 16.2 Å². The average molecular weight is 420 g/mol. The Bertz CT molecular complexity index is 1140. The maximum Gasteiger partial charge on any atom is 0.190 e. The number of aryl methyl sites for hydroxylation is 2. The topological polar surface area (TPSA) is 47.0 Å². The molecule has 0 radical (unpaired) electrons. The molecule has 0 unspecified atom stereocenters. The number of aromatic nitrogens is 2. The van der Waals surface area contributed by atoms with E-state index < -0.39 is 0 Å². The van der Waals surface area contributed by atoms with E-state index in [1.165, 1.54) is 28.7 Å². The number of thioether (sulfide) groups is 1. The molecule has 0 saturated heterocycles. The first-order chi connectivity index (χ1) is 14.3. The van der Waals surface area contributed by atoms with E-state index in [2.05, 4.69) is 5.32 Å². The molecule has 6 heteroatoms. The minimum Gasteiger partial charge on any atom is -0.457 e. The van der Waals surface area contributed by atoms with Crippen LogP contribution in [-0.2, 0) is 12.8 Å². The first kappa shape index (κ1) is 18.5. The lowest BCUT2D eigenvalue weighted by Gasteiger charge is -2.13. The van der Waals surface area contributed by atoms with Crippen molar-refractivity contribution in [1.82, 2.24) is 9.97 Å². The number of rotatable bonds is 5. The van der Waals surface area contributed by atoms with Gasteiger partial charge in [0, 0.05) is 10.6 Å². The molecular weight excluding hydrogens is 398 g/mol. The van der Waals surface area contributed by atoms with Gasteiger partial charge in [0.1, 0.15) is 22.1 Å². The van der Waals surface area contributed by atoms with Crippen LogP contribution in [0.1, 0.15) is 23.3 Å². The third-order valence-corrected chi connectivity index (χ3v) is 6.81. The number of nitrogens with zero attached hydrogens (tertiary/aromatic N) is 2. The zero-order valence-corrected chi connectivity index (χ0v) is 17.8. The summed E-state index contributed by atoms with van der Waals surface area (Å²) in [5, 5.41) is 5.54. The number of hydrogen-bond acceptors (Lipinski definition) is 6. The standard InChI is InChI=1S/C23H21N3OS2/c1-28-23-25-21(20-18-9-5-6-10-19(18)29-22(20)26-23)24-15-11-13-17(14-12-15)27-16-7-3-2-4-8-16/h2-4,7-8,11-14H,5-6,9-10H2,1H3,(H,24,25,26). The SMILES string of the molecule is CSc1nc(Nc2ccc(Oc3ccccc3)cc2)c2c3c(sc2n1)CCCC3. The lowest BCUT2D eigenvalue weighted by Crippen LogP contribution is -2.02. The van der Waals surface area contributed by atoms with Gasteiger partial charge in [-0.1, -0.05) is 30.0 Å². The second kappa shape index (κ2) is 8.05. The molecule has 4 nitrogen and oxygen atoms in total. The zero-order chi connectivity index (χ0) is 19.6. The quantitative estimate of drug-likeness (QED) is 0.284. The molecule has 0 atom stereocenters. The minimum absolute atomic E-state index is 0.808. The number of nitrogens with one attached hydrogen (secondary N) is 1. The summed E-state index contributed by atoms with van der Waals surface area (Å²) in [4.78, 5) is 12.2. The van der Waals surface area contributed by atoms with Crippen molar-refractivity contribution >= 4 is 44.8 Å². The molecule has 2 aromatic carbocycles. The fourth-order valence-corrected chi connectivity index (χ4v) is 5.37. The van der Waals surface area contributed by atoms with Gasteiger partial charge in [0.2, 0.25) is 0 Å². The minimum atomic E-state index is 0.808. The molecule has 4 aromatic rings. The van der Waals surface area contributed by atoms with Crippen LogP contribution < -0.4 is 10.1 Å². The molecule has 29 heavy (non-hydrogen) atoms. The molecule has 0 saturated carbocycles. The van der Waals surface area contributed by atoms with Gasteiger partial charge in [-0.2, -0.15) is 0 Å². The van der Waals surface area contributed by atoms with Gasteiger partial charge in [-0.25, -0.2) is 9.97 Å². The molecule has 2 aromatic heterocycles. The first-order valence-electron chi connectivity index (χ1n) is 9.76. The Morgan fingerprint density at radius 2 is 1.69 bits per heavy atom. The molecule has 2 heterocycles. The molecule has 5 rings (SSSR count). The van der Waals surface area contributed by atoms with Crippen LogP contribution in [0.3, 0.4) is 0 Å². The van der Waals surface area contributed by atoms with Gasteiger partial charge in [0.15, 0.2) is 5.16 Å². The Morgan fingerprint density at radius 3 is 2.48 bits per heavy atom. The van der Waals surface area contributed by atoms with Crippen molar-refractivity contribution in [1.29, 1.82) is 0 Å². The maximum atomic E-state index is 5.90. The Morgan fingerprint density at radius 1 is 0.931 bits per heavy atom. The van der Waals surface area contributed by atoms with E-state index in [4.69, 9.17) is 14.7 Å². The van der Waals surface area contributed by atoms with E-state index in [9.17, 15) is 0 Å². The van der Waals surface area contributed by atoms with E-state index in [-0.39, 0.29) is 0 Å². The van der Waals surface area contributed by atoms with E-state index in [1.54, 1.807) is 11.8 Å². The van der Waals surface area contributed by atoms with Crippen LogP contribution in [0.25, 0.3) is 10.2 Å². The predicted octanol–water partition coefficient (Wildman–Crippen LogP) is 6.83. The van der Waals surface area contributed by atoms with Gasteiger partial charge >= 0.3 is 0 Å². The Balaban J connectivity index is 1.46. The summed E-state index contributed by atoms with van der Waals surface area (Å²) in [6.45, 7) is 0. The number of benzene rings is 2. The highest BCUT2D eigenvalue weighted by Crippen LogP contribution is 2.40. The highest BCUT2D eigenvalue weighted by Gasteiger charge is 2.21. The van der Waals surface area contributed by atoms with E-state index >= 15 is 0 Å². The van der Waals surface area contributed by atoms with Crippen LogP contribution in [0.15, 0.2) is 59.8 Å². The first-order valence-corrected chi connectivity index (χ1v) is 11.8. The summed E-state index contributed by atoms with van der Waals surface area (Å²) in [5.41, 5.74) is 2.43. The predicted molar refractivity (Wildman–Crippen MR) is 122 cm³/mol. The number of para-hydroxylation sites is 1. The molecule has 1 N–H and O–H groups in total. The second-order valence-corrected chi connectivity index (χ2v) is 8.87.